The Morgan fingerprint density at radius 3 is 2.12 bits per heavy atom. The molecule has 0 spiro atoms. The van der Waals surface area contributed by atoms with Crippen LogP contribution in [0.5, 0.6) is 11.5 Å². The van der Waals surface area contributed by atoms with Crippen LogP contribution in [0.1, 0.15) is 45.9 Å². The van der Waals surface area contributed by atoms with E-state index >= 15 is 0 Å². The average molecular weight is 545 g/mol. The van der Waals surface area contributed by atoms with E-state index in [1.165, 1.54) is 33.8 Å². The number of aryl methyl sites for hydroxylation is 3. The summed E-state index contributed by atoms with van der Waals surface area (Å²) in [6, 6.07) is 32.6. The van der Waals surface area contributed by atoms with Crippen LogP contribution in [0.25, 0.3) is 5.69 Å². The van der Waals surface area contributed by atoms with Gasteiger partial charge in [0.25, 0.3) is 0 Å². The molecule has 0 bridgehead atoms. The number of para-hydroxylation sites is 2. The summed E-state index contributed by atoms with van der Waals surface area (Å²) < 4.78 is 8.43. The molecule has 0 aliphatic carbocycles. The predicted octanol–water partition coefficient (Wildman–Crippen LogP) is 8.08. The molecule has 3 aromatic carbocycles. The SMILES string of the molecule is Cc1cccc(C)c1-n1c(C)cc([C@H]2[C@@H](c3ccccn3)NC(=S)N2c2ccc(Oc3ccccc3)cc2)c1C. The molecule has 6 rings (SSSR count). The predicted molar refractivity (Wildman–Crippen MR) is 166 cm³/mol. The van der Waals surface area contributed by atoms with Gasteiger partial charge in [-0.3, -0.25) is 4.98 Å². The second-order valence-corrected chi connectivity index (χ2v) is 10.7. The fourth-order valence-corrected chi connectivity index (χ4v) is 6.18. The standard InChI is InChI=1S/C34H32N4OS/c1-22-11-10-12-23(2)32(22)37-24(3)21-29(25(37)4)33-31(30-15-8-9-20-35-30)36-34(40)38(33)26-16-18-28(19-17-26)39-27-13-6-5-7-14-27/h5-21,31,33H,1-4H3,(H,36,40)/t31-,33+/m1/s1. The molecule has 1 saturated heterocycles. The maximum atomic E-state index is 6.05. The number of ether oxygens (including phenoxy) is 1. The number of benzene rings is 3. The Morgan fingerprint density at radius 1 is 0.775 bits per heavy atom. The molecule has 1 aliphatic rings. The average Bonchev–Trinajstić information content (AvgIpc) is 3.45. The van der Waals surface area contributed by atoms with Crippen molar-refractivity contribution in [2.24, 2.45) is 0 Å². The molecule has 3 heterocycles. The van der Waals surface area contributed by atoms with E-state index in [-0.39, 0.29) is 12.1 Å². The van der Waals surface area contributed by atoms with E-state index in [1.807, 2.05) is 60.8 Å². The first-order valence-electron chi connectivity index (χ1n) is 13.5. The normalized spacial score (nSPS) is 16.7. The molecule has 1 aliphatic heterocycles. The molecule has 1 N–H and O–H groups in total. The minimum absolute atomic E-state index is 0.0902. The van der Waals surface area contributed by atoms with Crippen LogP contribution in [-0.2, 0) is 0 Å². The first kappa shape index (κ1) is 25.8. The Hall–Kier alpha value is -4.42. The number of thiocarbonyl (C=S) groups is 1. The molecule has 0 radical (unpaired) electrons. The Kier molecular flexibility index (Phi) is 6.86. The highest BCUT2D eigenvalue weighted by Gasteiger charge is 2.42. The van der Waals surface area contributed by atoms with Crippen molar-refractivity contribution in [1.82, 2.24) is 14.9 Å². The van der Waals surface area contributed by atoms with Gasteiger partial charge in [0.05, 0.1) is 23.5 Å². The quantitative estimate of drug-likeness (QED) is 0.219. The molecule has 6 heteroatoms. The first-order valence-corrected chi connectivity index (χ1v) is 13.9. The van der Waals surface area contributed by atoms with Gasteiger partial charge in [-0.15, -0.1) is 0 Å². The van der Waals surface area contributed by atoms with Gasteiger partial charge in [-0.1, -0.05) is 42.5 Å². The van der Waals surface area contributed by atoms with Gasteiger partial charge in [-0.2, -0.15) is 0 Å². The van der Waals surface area contributed by atoms with E-state index in [1.54, 1.807) is 0 Å². The van der Waals surface area contributed by atoms with Crippen molar-refractivity contribution in [2.75, 3.05) is 4.90 Å². The molecule has 0 unspecified atom stereocenters. The molecule has 200 valence electrons. The third-order valence-corrected chi connectivity index (χ3v) is 7.96. The lowest BCUT2D eigenvalue weighted by molar-refractivity contribution is 0.482. The number of nitrogens with zero attached hydrogens (tertiary/aromatic N) is 3. The van der Waals surface area contributed by atoms with Crippen LogP contribution in [0.4, 0.5) is 5.69 Å². The highest BCUT2D eigenvalue weighted by atomic mass is 32.1. The lowest BCUT2D eigenvalue weighted by Crippen LogP contribution is -2.29. The van der Waals surface area contributed by atoms with Crippen LogP contribution < -0.4 is 15.0 Å². The Balaban J connectivity index is 1.44. The highest BCUT2D eigenvalue weighted by Crippen LogP contribution is 2.44. The summed E-state index contributed by atoms with van der Waals surface area (Å²) in [7, 11) is 0. The molecular weight excluding hydrogens is 512 g/mol. The fourth-order valence-electron chi connectivity index (χ4n) is 5.84. The Morgan fingerprint density at radius 2 is 1.45 bits per heavy atom. The fraction of sp³-hybridized carbons (Fsp3) is 0.176. The van der Waals surface area contributed by atoms with Gasteiger partial charge in [0.1, 0.15) is 11.5 Å². The number of nitrogens with one attached hydrogen (secondary N) is 1. The third kappa shape index (κ3) is 4.65. The molecule has 40 heavy (non-hydrogen) atoms. The molecular formula is C34H32N4OS. The lowest BCUT2D eigenvalue weighted by Gasteiger charge is -2.28. The summed E-state index contributed by atoms with van der Waals surface area (Å²) in [5, 5.41) is 4.27. The van der Waals surface area contributed by atoms with Gasteiger partial charge in [0.15, 0.2) is 5.11 Å². The van der Waals surface area contributed by atoms with Crippen molar-refractivity contribution in [3.63, 3.8) is 0 Å². The maximum Gasteiger partial charge on any atom is 0.174 e. The monoisotopic (exact) mass is 544 g/mol. The lowest BCUT2D eigenvalue weighted by atomic mass is 9.96. The molecule has 0 amide bonds. The molecule has 5 aromatic rings. The summed E-state index contributed by atoms with van der Waals surface area (Å²) in [5.41, 5.74) is 9.29. The molecule has 2 atom stereocenters. The number of aromatic nitrogens is 2. The first-order chi connectivity index (χ1) is 19.4. The molecule has 2 aromatic heterocycles. The van der Waals surface area contributed by atoms with Crippen molar-refractivity contribution in [3.8, 4) is 17.2 Å². The topological polar surface area (TPSA) is 42.3 Å². The van der Waals surface area contributed by atoms with E-state index in [2.05, 4.69) is 84.9 Å². The largest absolute Gasteiger partial charge is 0.457 e. The van der Waals surface area contributed by atoms with Gasteiger partial charge in [-0.05, 0) is 111 Å². The van der Waals surface area contributed by atoms with Crippen LogP contribution in [0.15, 0.2) is 103 Å². The van der Waals surface area contributed by atoms with Crippen molar-refractivity contribution in [1.29, 1.82) is 0 Å². The molecule has 5 nitrogen and oxygen atoms in total. The minimum Gasteiger partial charge on any atom is -0.457 e. The van der Waals surface area contributed by atoms with Gasteiger partial charge < -0.3 is 19.5 Å². The third-order valence-electron chi connectivity index (χ3n) is 7.64. The second-order valence-electron chi connectivity index (χ2n) is 10.3. The number of hydrogen-bond acceptors (Lipinski definition) is 3. The van der Waals surface area contributed by atoms with Gasteiger partial charge in [0, 0.05) is 23.3 Å². The minimum atomic E-state index is -0.110. The zero-order chi connectivity index (χ0) is 27.8. The Labute approximate surface area is 241 Å². The highest BCUT2D eigenvalue weighted by molar-refractivity contribution is 7.80. The van der Waals surface area contributed by atoms with E-state index in [0.717, 1.165) is 22.9 Å². The number of pyridine rings is 1. The summed E-state index contributed by atoms with van der Waals surface area (Å²) in [5.74, 6) is 1.58. The van der Waals surface area contributed by atoms with Gasteiger partial charge >= 0.3 is 0 Å². The molecule has 0 saturated carbocycles. The van der Waals surface area contributed by atoms with Crippen molar-refractivity contribution < 1.29 is 4.74 Å². The zero-order valence-corrected chi connectivity index (χ0v) is 23.9. The summed E-state index contributed by atoms with van der Waals surface area (Å²) in [6.07, 6.45) is 1.84. The van der Waals surface area contributed by atoms with Gasteiger partial charge in [0.2, 0.25) is 0 Å². The van der Waals surface area contributed by atoms with Crippen LogP contribution in [0.2, 0.25) is 0 Å². The van der Waals surface area contributed by atoms with E-state index in [4.69, 9.17) is 21.9 Å². The molecule has 1 fully saturated rings. The van der Waals surface area contributed by atoms with Gasteiger partial charge in [-0.25, -0.2) is 0 Å². The van der Waals surface area contributed by atoms with Crippen LogP contribution in [-0.4, -0.2) is 14.7 Å². The summed E-state index contributed by atoms with van der Waals surface area (Å²) in [4.78, 5) is 6.95. The second kappa shape index (κ2) is 10.6. The van der Waals surface area contributed by atoms with Crippen LogP contribution in [0, 0.1) is 27.7 Å². The zero-order valence-electron chi connectivity index (χ0n) is 23.1. The van der Waals surface area contributed by atoms with Crippen LogP contribution in [0.3, 0.4) is 0 Å². The van der Waals surface area contributed by atoms with Crippen molar-refractivity contribution in [3.05, 3.63) is 137 Å². The smallest absolute Gasteiger partial charge is 0.174 e. The van der Waals surface area contributed by atoms with Crippen LogP contribution >= 0.6 is 12.2 Å². The summed E-state index contributed by atoms with van der Waals surface area (Å²) in [6.45, 7) is 8.74. The number of hydrogen-bond donors (Lipinski definition) is 1. The summed E-state index contributed by atoms with van der Waals surface area (Å²) >= 11 is 5.98. The van der Waals surface area contributed by atoms with Crippen molar-refractivity contribution >= 4 is 23.0 Å². The van der Waals surface area contributed by atoms with E-state index < -0.39 is 0 Å². The number of rotatable bonds is 6. The Bertz CT molecular complexity index is 1640. The maximum absolute atomic E-state index is 6.05. The van der Waals surface area contributed by atoms with E-state index in [0.29, 0.717) is 5.11 Å². The van der Waals surface area contributed by atoms with Crippen molar-refractivity contribution in [2.45, 2.75) is 39.8 Å². The number of anilines is 1. The van der Waals surface area contributed by atoms with E-state index in [9.17, 15) is 0 Å².